The number of Topliss-reactive ketones (excluding diaryl/α,β-unsaturated/α-hetero) is 1. The topological polar surface area (TPSA) is 52.6 Å². The highest BCUT2D eigenvalue weighted by atomic mass is 16.5. The standard InChI is InChI=1S/C30H28O4/c1-20(2)18-19-33-26-17-15-24-28(32)21(3)29(23-12-8-5-9-13-23)34-30(24)27(26)25(31)16-14-22-10-6-4-7-11-22/h4-18,21,29H,19H2,1-3H3/b16-14+. The Kier molecular flexibility index (Phi) is 7.07. The number of ether oxygens (including phenoxy) is 2. The molecule has 0 spiro atoms. The van der Waals surface area contributed by atoms with E-state index in [1.54, 1.807) is 18.2 Å². The summed E-state index contributed by atoms with van der Waals surface area (Å²) in [5.74, 6) is -0.0215. The van der Waals surface area contributed by atoms with E-state index >= 15 is 0 Å². The Morgan fingerprint density at radius 1 is 0.971 bits per heavy atom. The van der Waals surface area contributed by atoms with Crippen LogP contribution in [0.3, 0.4) is 0 Å². The van der Waals surface area contributed by atoms with Crippen LogP contribution < -0.4 is 9.47 Å². The number of carbonyl (C=O) groups is 2. The maximum absolute atomic E-state index is 13.5. The van der Waals surface area contributed by atoms with Gasteiger partial charge in [0.15, 0.2) is 11.6 Å². The quantitative estimate of drug-likeness (QED) is 0.223. The lowest BCUT2D eigenvalue weighted by Crippen LogP contribution is -2.30. The molecule has 1 heterocycles. The van der Waals surface area contributed by atoms with Gasteiger partial charge in [-0.3, -0.25) is 9.59 Å². The summed E-state index contributed by atoms with van der Waals surface area (Å²) in [5.41, 5.74) is 3.58. The minimum atomic E-state index is -0.487. The number of ketones is 2. The number of benzene rings is 3. The monoisotopic (exact) mass is 452 g/mol. The second-order valence-electron chi connectivity index (χ2n) is 8.62. The minimum absolute atomic E-state index is 0.0490. The maximum atomic E-state index is 13.5. The molecule has 0 fully saturated rings. The zero-order valence-corrected chi connectivity index (χ0v) is 19.7. The predicted octanol–water partition coefficient (Wildman–Crippen LogP) is 6.88. The van der Waals surface area contributed by atoms with Gasteiger partial charge in [-0.25, -0.2) is 0 Å². The van der Waals surface area contributed by atoms with E-state index < -0.39 is 6.10 Å². The summed E-state index contributed by atoms with van der Waals surface area (Å²) in [7, 11) is 0. The summed E-state index contributed by atoms with van der Waals surface area (Å²) in [4.78, 5) is 26.8. The van der Waals surface area contributed by atoms with Crippen LogP contribution in [0.1, 0.15) is 58.7 Å². The molecule has 34 heavy (non-hydrogen) atoms. The zero-order chi connectivity index (χ0) is 24.1. The van der Waals surface area contributed by atoms with Gasteiger partial charge in [0.1, 0.15) is 29.8 Å². The zero-order valence-electron chi connectivity index (χ0n) is 19.7. The van der Waals surface area contributed by atoms with Gasteiger partial charge in [0, 0.05) is 0 Å². The molecule has 2 atom stereocenters. The average molecular weight is 453 g/mol. The van der Waals surface area contributed by atoms with Gasteiger partial charge in [0.05, 0.1) is 11.5 Å². The number of carbonyl (C=O) groups excluding carboxylic acids is 2. The largest absolute Gasteiger partial charge is 0.489 e. The summed E-state index contributed by atoms with van der Waals surface area (Å²) in [6.07, 6.45) is 4.71. The van der Waals surface area contributed by atoms with Crippen LogP contribution in [0.15, 0.2) is 90.5 Å². The smallest absolute Gasteiger partial charge is 0.193 e. The summed E-state index contributed by atoms with van der Waals surface area (Å²) in [6, 6.07) is 22.6. The molecule has 3 aromatic carbocycles. The molecule has 0 amide bonds. The number of fused-ring (bicyclic) bond motifs is 1. The Labute approximate surface area is 200 Å². The van der Waals surface area contributed by atoms with Gasteiger partial charge in [-0.1, -0.05) is 79.2 Å². The third kappa shape index (κ3) is 5.01. The Hall–Kier alpha value is -3.92. The van der Waals surface area contributed by atoms with E-state index in [1.165, 1.54) is 6.08 Å². The van der Waals surface area contributed by atoms with E-state index in [0.717, 1.165) is 16.7 Å². The molecule has 0 saturated carbocycles. The highest BCUT2D eigenvalue weighted by Crippen LogP contribution is 2.43. The van der Waals surface area contributed by atoms with Crippen molar-refractivity contribution in [3.63, 3.8) is 0 Å². The summed E-state index contributed by atoms with van der Waals surface area (Å²) < 4.78 is 12.4. The average Bonchev–Trinajstić information content (AvgIpc) is 2.85. The first-order chi connectivity index (χ1) is 16.5. The molecule has 0 aliphatic carbocycles. The fraction of sp³-hybridized carbons (Fsp3) is 0.200. The molecule has 1 aliphatic rings. The fourth-order valence-corrected chi connectivity index (χ4v) is 3.96. The molecule has 3 aromatic rings. The first-order valence-electron chi connectivity index (χ1n) is 11.4. The predicted molar refractivity (Wildman–Crippen MR) is 134 cm³/mol. The molecule has 172 valence electrons. The van der Waals surface area contributed by atoms with E-state index in [2.05, 4.69) is 0 Å². The fourth-order valence-electron chi connectivity index (χ4n) is 3.96. The van der Waals surface area contributed by atoms with Crippen LogP contribution in [0.5, 0.6) is 11.5 Å². The van der Waals surface area contributed by atoms with Gasteiger partial charge in [-0.15, -0.1) is 0 Å². The van der Waals surface area contributed by atoms with Gasteiger partial charge < -0.3 is 9.47 Å². The molecule has 2 unspecified atom stereocenters. The third-order valence-electron chi connectivity index (χ3n) is 5.83. The van der Waals surface area contributed by atoms with E-state index in [9.17, 15) is 9.59 Å². The molecule has 0 saturated heterocycles. The van der Waals surface area contributed by atoms with E-state index in [1.807, 2.05) is 87.5 Å². The van der Waals surface area contributed by atoms with E-state index in [0.29, 0.717) is 17.9 Å². The summed E-state index contributed by atoms with van der Waals surface area (Å²) in [6.45, 7) is 6.15. The van der Waals surface area contributed by atoms with Gasteiger partial charge in [0.25, 0.3) is 0 Å². The van der Waals surface area contributed by atoms with Gasteiger partial charge in [0.2, 0.25) is 0 Å². The van der Waals surface area contributed by atoms with Crippen molar-refractivity contribution in [1.29, 1.82) is 0 Å². The van der Waals surface area contributed by atoms with Crippen molar-refractivity contribution in [2.45, 2.75) is 26.9 Å². The van der Waals surface area contributed by atoms with E-state index in [4.69, 9.17) is 9.47 Å². The van der Waals surface area contributed by atoms with Gasteiger partial charge in [-0.2, -0.15) is 0 Å². The van der Waals surface area contributed by atoms with Crippen LogP contribution in [-0.2, 0) is 0 Å². The van der Waals surface area contributed by atoms with Crippen molar-refractivity contribution in [2.24, 2.45) is 5.92 Å². The van der Waals surface area contributed by atoms with Crippen molar-refractivity contribution in [3.05, 3.63) is 113 Å². The molecular weight excluding hydrogens is 424 g/mol. The Bertz CT molecular complexity index is 1240. The molecule has 4 rings (SSSR count). The van der Waals surface area contributed by atoms with Crippen LogP contribution in [0.4, 0.5) is 0 Å². The molecule has 4 heteroatoms. The van der Waals surface area contributed by atoms with Crippen molar-refractivity contribution >= 4 is 17.6 Å². The molecule has 0 aromatic heterocycles. The van der Waals surface area contributed by atoms with Crippen molar-refractivity contribution in [3.8, 4) is 11.5 Å². The van der Waals surface area contributed by atoms with Crippen molar-refractivity contribution < 1.29 is 19.1 Å². The van der Waals surface area contributed by atoms with Crippen LogP contribution in [0, 0.1) is 5.92 Å². The van der Waals surface area contributed by atoms with Crippen molar-refractivity contribution in [2.75, 3.05) is 6.61 Å². The van der Waals surface area contributed by atoms with Crippen LogP contribution in [-0.4, -0.2) is 18.2 Å². The van der Waals surface area contributed by atoms with Gasteiger partial charge in [-0.05, 0) is 49.3 Å². The second kappa shape index (κ2) is 10.3. The molecule has 0 bridgehead atoms. The number of allylic oxidation sites excluding steroid dienone is 2. The molecule has 0 N–H and O–H groups in total. The normalized spacial score (nSPS) is 17.1. The summed E-state index contributed by atoms with van der Waals surface area (Å²) in [5, 5.41) is 0. The second-order valence-corrected chi connectivity index (χ2v) is 8.62. The number of hydrogen-bond acceptors (Lipinski definition) is 4. The Balaban J connectivity index is 1.78. The first kappa shape index (κ1) is 23.2. The lowest BCUT2D eigenvalue weighted by molar-refractivity contribution is 0.0685. The van der Waals surface area contributed by atoms with Gasteiger partial charge >= 0.3 is 0 Å². The molecular formula is C30H28O4. The minimum Gasteiger partial charge on any atom is -0.489 e. The number of rotatable bonds is 7. The molecule has 1 aliphatic heterocycles. The van der Waals surface area contributed by atoms with Crippen LogP contribution >= 0.6 is 0 Å². The van der Waals surface area contributed by atoms with Crippen LogP contribution in [0.2, 0.25) is 0 Å². The highest BCUT2D eigenvalue weighted by Gasteiger charge is 2.38. The number of hydrogen-bond donors (Lipinski definition) is 0. The highest BCUT2D eigenvalue weighted by molar-refractivity contribution is 6.14. The Morgan fingerprint density at radius 3 is 2.32 bits per heavy atom. The first-order valence-corrected chi connectivity index (χ1v) is 11.4. The maximum Gasteiger partial charge on any atom is 0.193 e. The van der Waals surface area contributed by atoms with Crippen LogP contribution in [0.25, 0.3) is 6.08 Å². The lowest BCUT2D eigenvalue weighted by atomic mass is 9.85. The Morgan fingerprint density at radius 2 is 1.65 bits per heavy atom. The SMILES string of the molecule is CC(C)=CCOc1ccc2c(c1C(=O)/C=C/c1ccccc1)OC(c1ccccc1)C(C)C2=O. The lowest BCUT2D eigenvalue weighted by Gasteiger charge is -2.32. The van der Waals surface area contributed by atoms with Crippen molar-refractivity contribution in [1.82, 2.24) is 0 Å². The third-order valence-corrected chi connectivity index (χ3v) is 5.83. The van der Waals surface area contributed by atoms with E-state index in [-0.39, 0.29) is 28.8 Å². The molecule has 4 nitrogen and oxygen atoms in total. The summed E-state index contributed by atoms with van der Waals surface area (Å²) >= 11 is 0. The molecule has 0 radical (unpaired) electrons.